The van der Waals surface area contributed by atoms with Crippen LogP contribution in [0.5, 0.6) is 11.5 Å². The molecule has 166 valence electrons. The summed E-state index contributed by atoms with van der Waals surface area (Å²) in [5, 5.41) is 4.38. The topological polar surface area (TPSA) is 52.5 Å². The fourth-order valence-corrected chi connectivity index (χ4v) is 3.46. The van der Waals surface area contributed by atoms with E-state index in [0.29, 0.717) is 12.4 Å². The van der Waals surface area contributed by atoms with Gasteiger partial charge in [-0.05, 0) is 31.0 Å². The minimum Gasteiger partial charge on any atom is -0.489 e. The number of ether oxygens (including phenoxy) is 2. The number of pyridine rings is 1. The summed E-state index contributed by atoms with van der Waals surface area (Å²) < 4.78 is 13.3. The maximum atomic E-state index is 12.9. The van der Waals surface area contributed by atoms with Crippen LogP contribution in [0.15, 0.2) is 35.6 Å². The van der Waals surface area contributed by atoms with Gasteiger partial charge < -0.3 is 19.4 Å². The molecule has 2 aromatic rings. The van der Waals surface area contributed by atoms with Gasteiger partial charge in [-0.25, -0.2) is 0 Å². The summed E-state index contributed by atoms with van der Waals surface area (Å²) in [4.78, 5) is 12.9. The molecular formula is C25H38N2O3. The number of rotatable bonds is 15. The minimum absolute atomic E-state index is 0.191. The van der Waals surface area contributed by atoms with E-state index in [4.69, 9.17) is 9.47 Å². The van der Waals surface area contributed by atoms with Gasteiger partial charge in [0.1, 0.15) is 6.61 Å². The monoisotopic (exact) mass is 414 g/mol. The highest BCUT2D eigenvalue weighted by atomic mass is 16.5. The van der Waals surface area contributed by atoms with Gasteiger partial charge in [-0.1, -0.05) is 65.0 Å². The average Bonchev–Trinajstić information content (AvgIpc) is 2.76. The first-order valence-electron chi connectivity index (χ1n) is 11.4. The molecular weight excluding hydrogens is 376 g/mol. The van der Waals surface area contributed by atoms with Gasteiger partial charge in [0, 0.05) is 24.7 Å². The lowest BCUT2D eigenvalue weighted by molar-refractivity contribution is 0.279. The molecule has 5 nitrogen and oxygen atoms in total. The van der Waals surface area contributed by atoms with Crippen LogP contribution in [0.25, 0.3) is 10.9 Å². The Morgan fingerprint density at radius 3 is 2.47 bits per heavy atom. The van der Waals surface area contributed by atoms with Crippen LogP contribution in [0.3, 0.4) is 0 Å². The lowest BCUT2D eigenvalue weighted by atomic mass is 10.1. The number of hydrogen-bond acceptors (Lipinski definition) is 4. The average molecular weight is 415 g/mol. The Kier molecular flexibility index (Phi) is 10.3. The second-order valence-corrected chi connectivity index (χ2v) is 7.75. The zero-order valence-electron chi connectivity index (χ0n) is 19.0. The van der Waals surface area contributed by atoms with Crippen LogP contribution in [0.2, 0.25) is 0 Å². The smallest absolute Gasteiger partial charge is 0.297 e. The zero-order chi connectivity index (χ0) is 21.8. The highest BCUT2D eigenvalue weighted by Gasteiger charge is 2.18. The van der Waals surface area contributed by atoms with Gasteiger partial charge in [-0.3, -0.25) is 4.79 Å². The minimum atomic E-state index is -0.191. The first-order valence-corrected chi connectivity index (χ1v) is 11.4. The van der Waals surface area contributed by atoms with Crippen LogP contribution >= 0.6 is 0 Å². The third-order valence-electron chi connectivity index (χ3n) is 5.26. The predicted octanol–water partition coefficient (Wildman–Crippen LogP) is 6.05. The lowest BCUT2D eigenvalue weighted by Gasteiger charge is -2.17. The predicted molar refractivity (Wildman–Crippen MR) is 127 cm³/mol. The van der Waals surface area contributed by atoms with Crippen LogP contribution < -0.4 is 20.3 Å². The maximum absolute atomic E-state index is 12.9. The molecule has 0 amide bonds. The molecule has 0 aliphatic rings. The van der Waals surface area contributed by atoms with E-state index in [0.717, 1.165) is 42.4 Å². The summed E-state index contributed by atoms with van der Waals surface area (Å²) >= 11 is 0. The summed E-state index contributed by atoms with van der Waals surface area (Å²) in [6.45, 7) is 9.79. The first kappa shape index (κ1) is 23.8. The molecule has 2 rings (SSSR count). The van der Waals surface area contributed by atoms with Crippen molar-refractivity contribution in [2.24, 2.45) is 7.05 Å². The summed E-state index contributed by atoms with van der Waals surface area (Å²) in [5.41, 5.74) is 1.67. The van der Waals surface area contributed by atoms with Crippen molar-refractivity contribution in [3.8, 4) is 11.5 Å². The largest absolute Gasteiger partial charge is 0.489 e. The van der Waals surface area contributed by atoms with Crippen molar-refractivity contribution in [3.05, 3.63) is 41.2 Å². The SMILES string of the molecule is C=CCOc1c(OCCCC)c2ccc(NCCCCCCCC)cc2n(C)c1=O. The fourth-order valence-electron chi connectivity index (χ4n) is 3.46. The van der Waals surface area contributed by atoms with Crippen molar-refractivity contribution in [3.63, 3.8) is 0 Å². The van der Waals surface area contributed by atoms with Crippen molar-refractivity contribution >= 4 is 16.6 Å². The van der Waals surface area contributed by atoms with E-state index in [9.17, 15) is 4.79 Å². The Balaban J connectivity index is 2.21. The molecule has 1 aromatic carbocycles. The van der Waals surface area contributed by atoms with Crippen LogP contribution in [0.1, 0.15) is 65.2 Å². The molecule has 0 saturated carbocycles. The van der Waals surface area contributed by atoms with Gasteiger partial charge in [0.05, 0.1) is 12.1 Å². The van der Waals surface area contributed by atoms with Gasteiger partial charge in [0.2, 0.25) is 5.75 Å². The first-order chi connectivity index (χ1) is 14.6. The van der Waals surface area contributed by atoms with Gasteiger partial charge in [0.25, 0.3) is 5.56 Å². The maximum Gasteiger partial charge on any atom is 0.297 e. The molecule has 5 heteroatoms. The number of fused-ring (bicyclic) bond motifs is 1. The molecule has 0 unspecified atom stereocenters. The highest BCUT2D eigenvalue weighted by molar-refractivity contribution is 5.90. The van der Waals surface area contributed by atoms with Crippen LogP contribution in [0, 0.1) is 0 Å². The molecule has 1 heterocycles. The van der Waals surface area contributed by atoms with E-state index in [2.05, 4.69) is 25.7 Å². The van der Waals surface area contributed by atoms with Crippen molar-refractivity contribution in [2.45, 2.75) is 65.2 Å². The molecule has 1 N–H and O–H groups in total. The van der Waals surface area contributed by atoms with Gasteiger partial charge in [0.15, 0.2) is 5.75 Å². The number of unbranched alkanes of at least 4 members (excludes halogenated alkanes) is 6. The Bertz CT molecular complexity index is 858. The van der Waals surface area contributed by atoms with E-state index < -0.39 is 0 Å². The van der Waals surface area contributed by atoms with Crippen molar-refractivity contribution < 1.29 is 9.47 Å². The van der Waals surface area contributed by atoms with Crippen molar-refractivity contribution in [1.29, 1.82) is 0 Å². The molecule has 0 spiro atoms. The van der Waals surface area contributed by atoms with Gasteiger partial charge >= 0.3 is 0 Å². The second-order valence-electron chi connectivity index (χ2n) is 7.75. The number of nitrogens with one attached hydrogen (secondary N) is 1. The molecule has 0 saturated heterocycles. The molecule has 0 atom stereocenters. The van der Waals surface area contributed by atoms with E-state index in [1.54, 1.807) is 17.7 Å². The molecule has 0 aliphatic carbocycles. The Morgan fingerprint density at radius 2 is 1.73 bits per heavy atom. The van der Waals surface area contributed by atoms with Gasteiger partial charge in [-0.15, -0.1) is 0 Å². The van der Waals surface area contributed by atoms with E-state index in [-0.39, 0.29) is 17.9 Å². The van der Waals surface area contributed by atoms with Crippen LogP contribution in [0.4, 0.5) is 5.69 Å². The summed E-state index contributed by atoms with van der Waals surface area (Å²) in [7, 11) is 1.78. The third kappa shape index (κ3) is 6.54. The number of hydrogen-bond donors (Lipinski definition) is 1. The quantitative estimate of drug-likeness (QED) is 0.284. The Morgan fingerprint density at radius 1 is 1.00 bits per heavy atom. The van der Waals surface area contributed by atoms with E-state index >= 15 is 0 Å². The number of nitrogens with zero attached hydrogens (tertiary/aromatic N) is 1. The number of anilines is 1. The molecule has 0 radical (unpaired) electrons. The summed E-state index contributed by atoms with van der Waals surface area (Å²) in [6, 6.07) is 6.09. The highest BCUT2D eigenvalue weighted by Crippen LogP contribution is 2.34. The number of aryl methyl sites for hydroxylation is 1. The number of benzene rings is 1. The van der Waals surface area contributed by atoms with Gasteiger partial charge in [-0.2, -0.15) is 0 Å². The fraction of sp³-hybridized carbons (Fsp3) is 0.560. The van der Waals surface area contributed by atoms with Crippen LogP contribution in [-0.4, -0.2) is 24.3 Å². The molecule has 0 fully saturated rings. The molecule has 30 heavy (non-hydrogen) atoms. The second kappa shape index (κ2) is 13.0. The standard InChI is InChI=1S/C25H38N2O3/c1-5-8-10-11-12-13-16-26-20-14-15-21-22(19-20)27(4)25(28)24(29-17-7-3)23(21)30-18-9-6-2/h7,14-15,19,26H,3,5-6,8-13,16-18H2,1-2,4H3. The molecule has 1 aromatic heterocycles. The normalized spacial score (nSPS) is 10.9. The van der Waals surface area contributed by atoms with E-state index in [1.165, 1.54) is 32.1 Å². The lowest BCUT2D eigenvalue weighted by Crippen LogP contribution is -2.21. The molecule has 0 bridgehead atoms. The van der Waals surface area contributed by atoms with Crippen molar-refractivity contribution in [1.82, 2.24) is 4.57 Å². The summed E-state index contributed by atoms with van der Waals surface area (Å²) in [5.74, 6) is 0.791. The Labute approximate surface area is 181 Å². The molecule has 0 aliphatic heterocycles. The number of aromatic nitrogens is 1. The zero-order valence-corrected chi connectivity index (χ0v) is 19.0. The van der Waals surface area contributed by atoms with Crippen molar-refractivity contribution in [2.75, 3.05) is 25.1 Å². The Hall–Kier alpha value is -2.43. The summed E-state index contributed by atoms with van der Waals surface area (Å²) in [6.07, 6.45) is 11.2. The van der Waals surface area contributed by atoms with E-state index in [1.807, 2.05) is 18.2 Å². The third-order valence-corrected chi connectivity index (χ3v) is 5.26. The van der Waals surface area contributed by atoms with Crippen LogP contribution in [-0.2, 0) is 7.05 Å².